The van der Waals surface area contributed by atoms with Gasteiger partial charge in [0.15, 0.2) is 0 Å². The Balaban J connectivity index is 4.86. The SMILES string of the molecule is CCCCC(CC)C[N+](CC)(CCC)CC(CC)CCCC. The van der Waals surface area contributed by atoms with Gasteiger partial charge in [-0.25, -0.2) is 0 Å². The summed E-state index contributed by atoms with van der Waals surface area (Å²) in [4.78, 5) is 0. The summed E-state index contributed by atoms with van der Waals surface area (Å²) in [6, 6.07) is 0. The van der Waals surface area contributed by atoms with Crippen molar-refractivity contribution >= 4 is 0 Å². The van der Waals surface area contributed by atoms with Gasteiger partial charge in [0, 0.05) is 11.8 Å². The molecule has 134 valence electrons. The van der Waals surface area contributed by atoms with Gasteiger partial charge >= 0.3 is 0 Å². The standard InChI is InChI=1S/C21H46N/c1-7-13-15-20(10-4)18-22(12-6,17-9-3)19-21(11-5)16-14-8-2/h20-21H,7-19H2,1-6H3/q+1. The molecule has 0 radical (unpaired) electrons. The van der Waals surface area contributed by atoms with Crippen molar-refractivity contribution in [2.24, 2.45) is 11.8 Å². The normalized spacial score (nSPS) is 17.2. The molecule has 0 bridgehead atoms. The lowest BCUT2D eigenvalue weighted by molar-refractivity contribution is -0.933. The van der Waals surface area contributed by atoms with E-state index >= 15 is 0 Å². The van der Waals surface area contributed by atoms with Crippen molar-refractivity contribution in [1.29, 1.82) is 0 Å². The largest absolute Gasteiger partial charge is 0.323 e. The van der Waals surface area contributed by atoms with Crippen LogP contribution in [-0.4, -0.2) is 30.7 Å². The van der Waals surface area contributed by atoms with Gasteiger partial charge in [0.25, 0.3) is 0 Å². The minimum absolute atomic E-state index is 0.940. The van der Waals surface area contributed by atoms with Gasteiger partial charge in [0.1, 0.15) is 0 Å². The third-order valence-corrected chi connectivity index (χ3v) is 5.75. The van der Waals surface area contributed by atoms with Crippen molar-refractivity contribution in [2.45, 2.75) is 99.3 Å². The molecule has 0 saturated carbocycles. The maximum Gasteiger partial charge on any atom is 0.0815 e. The Morgan fingerprint density at radius 2 is 1.09 bits per heavy atom. The lowest BCUT2D eigenvalue weighted by Crippen LogP contribution is -2.53. The molecule has 22 heavy (non-hydrogen) atoms. The van der Waals surface area contributed by atoms with Gasteiger partial charge in [-0.3, -0.25) is 0 Å². The predicted molar refractivity (Wildman–Crippen MR) is 102 cm³/mol. The van der Waals surface area contributed by atoms with Crippen LogP contribution in [0.15, 0.2) is 0 Å². The lowest BCUT2D eigenvalue weighted by atomic mass is 9.93. The summed E-state index contributed by atoms with van der Waals surface area (Å²) in [6.45, 7) is 19.9. The molecule has 0 heterocycles. The summed E-state index contributed by atoms with van der Waals surface area (Å²) >= 11 is 0. The number of hydrogen-bond acceptors (Lipinski definition) is 0. The molecule has 0 N–H and O–H groups in total. The van der Waals surface area contributed by atoms with Crippen LogP contribution in [0, 0.1) is 11.8 Å². The Bertz CT molecular complexity index is 218. The smallest absolute Gasteiger partial charge is 0.0815 e. The fourth-order valence-electron chi connectivity index (χ4n) is 4.08. The molecule has 0 aliphatic heterocycles. The van der Waals surface area contributed by atoms with Gasteiger partial charge in [-0.15, -0.1) is 0 Å². The van der Waals surface area contributed by atoms with Gasteiger partial charge in [-0.05, 0) is 39.0 Å². The van der Waals surface area contributed by atoms with Crippen molar-refractivity contribution in [3.05, 3.63) is 0 Å². The third-order valence-electron chi connectivity index (χ3n) is 5.75. The zero-order chi connectivity index (χ0) is 16.8. The molecule has 0 saturated heterocycles. The van der Waals surface area contributed by atoms with Crippen LogP contribution in [0.2, 0.25) is 0 Å². The first-order chi connectivity index (χ1) is 10.6. The van der Waals surface area contributed by atoms with Crippen LogP contribution >= 0.6 is 0 Å². The van der Waals surface area contributed by atoms with Crippen LogP contribution < -0.4 is 0 Å². The zero-order valence-electron chi connectivity index (χ0n) is 16.8. The van der Waals surface area contributed by atoms with E-state index in [0.29, 0.717) is 0 Å². The van der Waals surface area contributed by atoms with Crippen molar-refractivity contribution in [2.75, 3.05) is 26.2 Å². The molecule has 0 aromatic rings. The molecular formula is C21H46N+. The van der Waals surface area contributed by atoms with Crippen LogP contribution in [-0.2, 0) is 0 Å². The molecule has 2 atom stereocenters. The number of unbranched alkanes of at least 4 members (excludes halogenated alkanes) is 2. The van der Waals surface area contributed by atoms with E-state index in [4.69, 9.17) is 0 Å². The monoisotopic (exact) mass is 312 g/mol. The topological polar surface area (TPSA) is 0 Å². The Labute approximate surface area is 142 Å². The van der Waals surface area contributed by atoms with Crippen molar-refractivity contribution < 1.29 is 4.48 Å². The number of hydrogen-bond donors (Lipinski definition) is 0. The molecule has 0 aromatic heterocycles. The summed E-state index contributed by atoms with van der Waals surface area (Å²) in [7, 11) is 0. The summed E-state index contributed by atoms with van der Waals surface area (Å²) < 4.78 is 1.39. The second-order valence-electron chi connectivity index (χ2n) is 7.58. The van der Waals surface area contributed by atoms with E-state index in [2.05, 4.69) is 41.5 Å². The molecule has 0 spiro atoms. The highest BCUT2D eigenvalue weighted by atomic mass is 15.3. The highest BCUT2D eigenvalue weighted by Crippen LogP contribution is 2.25. The maximum atomic E-state index is 2.44. The van der Waals surface area contributed by atoms with Gasteiger partial charge in [0.2, 0.25) is 0 Å². The highest BCUT2D eigenvalue weighted by Gasteiger charge is 2.30. The third kappa shape index (κ3) is 8.56. The summed E-state index contributed by atoms with van der Waals surface area (Å²) in [5.41, 5.74) is 0. The van der Waals surface area contributed by atoms with E-state index in [-0.39, 0.29) is 0 Å². The summed E-state index contributed by atoms with van der Waals surface area (Å²) in [5.74, 6) is 1.88. The van der Waals surface area contributed by atoms with Gasteiger partial charge in [-0.2, -0.15) is 0 Å². The van der Waals surface area contributed by atoms with E-state index in [9.17, 15) is 0 Å². The van der Waals surface area contributed by atoms with E-state index in [1.165, 1.54) is 88.4 Å². The molecule has 0 aliphatic rings. The highest BCUT2D eigenvalue weighted by molar-refractivity contribution is 4.62. The fraction of sp³-hybridized carbons (Fsp3) is 1.00. The van der Waals surface area contributed by atoms with Crippen molar-refractivity contribution in [3.8, 4) is 0 Å². The van der Waals surface area contributed by atoms with Gasteiger partial charge < -0.3 is 4.48 Å². The quantitative estimate of drug-likeness (QED) is 0.296. The number of nitrogens with zero attached hydrogens (tertiary/aromatic N) is 1. The average Bonchev–Trinajstić information content (AvgIpc) is 2.55. The molecule has 1 nitrogen and oxygen atoms in total. The molecule has 0 amide bonds. The minimum Gasteiger partial charge on any atom is -0.323 e. The fourth-order valence-corrected chi connectivity index (χ4v) is 4.08. The van der Waals surface area contributed by atoms with Gasteiger partial charge in [0.05, 0.1) is 26.2 Å². The summed E-state index contributed by atoms with van der Waals surface area (Å²) in [6.07, 6.45) is 12.5. The average molecular weight is 313 g/mol. The van der Waals surface area contributed by atoms with Crippen molar-refractivity contribution in [3.63, 3.8) is 0 Å². The Morgan fingerprint density at radius 1 is 0.636 bits per heavy atom. The van der Waals surface area contributed by atoms with Crippen LogP contribution in [0.5, 0.6) is 0 Å². The van der Waals surface area contributed by atoms with E-state index < -0.39 is 0 Å². The Kier molecular flexibility index (Phi) is 13.4. The van der Waals surface area contributed by atoms with Crippen LogP contribution in [0.1, 0.15) is 99.3 Å². The first kappa shape index (κ1) is 22.0. The second kappa shape index (κ2) is 13.4. The maximum absolute atomic E-state index is 2.44. The molecule has 0 rings (SSSR count). The van der Waals surface area contributed by atoms with E-state index in [0.717, 1.165) is 11.8 Å². The number of quaternary nitrogens is 1. The molecular weight excluding hydrogens is 266 g/mol. The molecule has 0 fully saturated rings. The summed E-state index contributed by atoms with van der Waals surface area (Å²) in [5, 5.41) is 0. The van der Waals surface area contributed by atoms with Gasteiger partial charge in [-0.1, -0.05) is 60.3 Å². The molecule has 1 heteroatoms. The van der Waals surface area contributed by atoms with Crippen molar-refractivity contribution in [1.82, 2.24) is 0 Å². The van der Waals surface area contributed by atoms with Crippen LogP contribution in [0.4, 0.5) is 0 Å². The Hall–Kier alpha value is -0.0400. The molecule has 0 aliphatic carbocycles. The molecule has 2 unspecified atom stereocenters. The first-order valence-corrected chi connectivity index (χ1v) is 10.5. The van der Waals surface area contributed by atoms with E-state index in [1.807, 2.05) is 0 Å². The van der Waals surface area contributed by atoms with Crippen LogP contribution in [0.3, 0.4) is 0 Å². The predicted octanol–water partition coefficient (Wildman–Crippen LogP) is 6.67. The molecule has 0 aromatic carbocycles. The minimum atomic E-state index is 0.940. The number of rotatable bonds is 15. The Morgan fingerprint density at radius 3 is 1.36 bits per heavy atom. The lowest BCUT2D eigenvalue weighted by Gasteiger charge is -2.42. The zero-order valence-corrected chi connectivity index (χ0v) is 16.8. The first-order valence-electron chi connectivity index (χ1n) is 10.5. The second-order valence-corrected chi connectivity index (χ2v) is 7.58. The van der Waals surface area contributed by atoms with E-state index in [1.54, 1.807) is 0 Å². The van der Waals surface area contributed by atoms with Crippen LogP contribution in [0.25, 0.3) is 0 Å².